The third-order valence-electron chi connectivity index (χ3n) is 2.10. The maximum Gasteiger partial charge on any atom is 0.0295 e. The standard InChI is InChI=1S/C10H17N3/c11-6-2-1-3-10(12)9-4-7-13-8-5-9/h4-5,7-8,10H,1-3,6,11-12H2/t10-/m0/s1. The molecule has 4 N–H and O–H groups in total. The lowest BCUT2D eigenvalue weighted by atomic mass is 10.0. The van der Waals surface area contributed by atoms with Crippen molar-refractivity contribution in [3.63, 3.8) is 0 Å². The monoisotopic (exact) mass is 179 g/mol. The van der Waals surface area contributed by atoms with E-state index in [9.17, 15) is 0 Å². The summed E-state index contributed by atoms with van der Waals surface area (Å²) in [4.78, 5) is 3.95. The predicted octanol–water partition coefficient (Wildman–Crippen LogP) is 1.21. The molecule has 0 saturated heterocycles. The molecule has 1 aromatic heterocycles. The Hall–Kier alpha value is -0.930. The van der Waals surface area contributed by atoms with Gasteiger partial charge in [0.25, 0.3) is 0 Å². The summed E-state index contributed by atoms with van der Waals surface area (Å²) < 4.78 is 0. The maximum atomic E-state index is 5.97. The SMILES string of the molecule is NCCCC[C@H](N)c1ccncc1. The van der Waals surface area contributed by atoms with Crippen LogP contribution in [0.3, 0.4) is 0 Å². The molecule has 1 aromatic rings. The van der Waals surface area contributed by atoms with E-state index < -0.39 is 0 Å². The summed E-state index contributed by atoms with van der Waals surface area (Å²) in [5.41, 5.74) is 12.5. The molecular weight excluding hydrogens is 162 g/mol. The molecule has 0 aliphatic carbocycles. The first-order valence-corrected chi connectivity index (χ1v) is 4.70. The first kappa shape index (κ1) is 10.2. The fourth-order valence-corrected chi connectivity index (χ4v) is 1.29. The van der Waals surface area contributed by atoms with E-state index in [2.05, 4.69) is 4.98 Å². The molecule has 0 saturated carbocycles. The van der Waals surface area contributed by atoms with Gasteiger partial charge in [-0.3, -0.25) is 4.98 Å². The van der Waals surface area contributed by atoms with Crippen LogP contribution in [0.2, 0.25) is 0 Å². The lowest BCUT2D eigenvalue weighted by Gasteiger charge is -2.10. The van der Waals surface area contributed by atoms with Gasteiger partial charge >= 0.3 is 0 Å². The summed E-state index contributed by atoms with van der Waals surface area (Å²) in [5.74, 6) is 0. The molecule has 72 valence electrons. The van der Waals surface area contributed by atoms with Crippen LogP contribution in [-0.2, 0) is 0 Å². The molecule has 3 heteroatoms. The third kappa shape index (κ3) is 3.53. The van der Waals surface area contributed by atoms with Gasteiger partial charge in [-0.05, 0) is 37.1 Å². The predicted molar refractivity (Wildman–Crippen MR) is 54.1 cm³/mol. The Morgan fingerprint density at radius 1 is 1.23 bits per heavy atom. The third-order valence-corrected chi connectivity index (χ3v) is 2.10. The van der Waals surface area contributed by atoms with Gasteiger partial charge in [-0.25, -0.2) is 0 Å². The van der Waals surface area contributed by atoms with Gasteiger partial charge < -0.3 is 11.5 Å². The number of aromatic nitrogens is 1. The van der Waals surface area contributed by atoms with Crippen LogP contribution in [0.1, 0.15) is 30.9 Å². The highest BCUT2D eigenvalue weighted by Gasteiger charge is 2.03. The van der Waals surface area contributed by atoms with Gasteiger partial charge in [-0.1, -0.05) is 6.42 Å². The van der Waals surface area contributed by atoms with Crippen molar-refractivity contribution in [3.8, 4) is 0 Å². The van der Waals surface area contributed by atoms with Crippen LogP contribution in [-0.4, -0.2) is 11.5 Å². The molecule has 0 bridgehead atoms. The van der Waals surface area contributed by atoms with Gasteiger partial charge in [-0.2, -0.15) is 0 Å². The molecule has 13 heavy (non-hydrogen) atoms. The van der Waals surface area contributed by atoms with E-state index in [0.717, 1.165) is 31.4 Å². The number of hydrogen-bond donors (Lipinski definition) is 2. The fraction of sp³-hybridized carbons (Fsp3) is 0.500. The Kier molecular flexibility index (Phi) is 4.43. The van der Waals surface area contributed by atoms with Crippen molar-refractivity contribution >= 4 is 0 Å². The highest BCUT2D eigenvalue weighted by atomic mass is 14.6. The van der Waals surface area contributed by atoms with Crippen LogP contribution >= 0.6 is 0 Å². The van der Waals surface area contributed by atoms with E-state index in [0.29, 0.717) is 0 Å². The van der Waals surface area contributed by atoms with Gasteiger partial charge in [0.2, 0.25) is 0 Å². The smallest absolute Gasteiger partial charge is 0.0295 e. The Labute approximate surface area is 79.2 Å². The van der Waals surface area contributed by atoms with E-state index in [1.54, 1.807) is 12.4 Å². The fourth-order valence-electron chi connectivity index (χ4n) is 1.29. The number of nitrogens with zero attached hydrogens (tertiary/aromatic N) is 1. The molecule has 3 nitrogen and oxygen atoms in total. The molecule has 1 atom stereocenters. The second-order valence-electron chi connectivity index (χ2n) is 3.17. The normalized spacial score (nSPS) is 12.8. The number of pyridine rings is 1. The summed E-state index contributed by atoms with van der Waals surface area (Å²) in [6.07, 6.45) is 6.70. The molecule has 0 aromatic carbocycles. The largest absolute Gasteiger partial charge is 0.330 e. The average molecular weight is 179 g/mol. The lowest BCUT2D eigenvalue weighted by Crippen LogP contribution is -2.10. The summed E-state index contributed by atoms with van der Waals surface area (Å²) >= 11 is 0. The topological polar surface area (TPSA) is 64.9 Å². The Morgan fingerprint density at radius 3 is 2.54 bits per heavy atom. The Morgan fingerprint density at radius 2 is 1.92 bits per heavy atom. The van der Waals surface area contributed by atoms with E-state index in [4.69, 9.17) is 11.5 Å². The van der Waals surface area contributed by atoms with Crippen molar-refractivity contribution in [2.24, 2.45) is 11.5 Å². The first-order valence-electron chi connectivity index (χ1n) is 4.70. The van der Waals surface area contributed by atoms with Crippen LogP contribution in [0, 0.1) is 0 Å². The van der Waals surface area contributed by atoms with E-state index in [1.165, 1.54) is 0 Å². The second kappa shape index (κ2) is 5.67. The maximum absolute atomic E-state index is 5.97. The summed E-state index contributed by atoms with van der Waals surface area (Å²) in [7, 11) is 0. The van der Waals surface area contributed by atoms with Gasteiger partial charge in [0.05, 0.1) is 0 Å². The molecule has 0 unspecified atom stereocenters. The molecule has 0 aliphatic heterocycles. The number of rotatable bonds is 5. The van der Waals surface area contributed by atoms with E-state index in [-0.39, 0.29) is 6.04 Å². The molecular formula is C10H17N3. The Balaban J connectivity index is 2.35. The van der Waals surface area contributed by atoms with Crippen molar-refractivity contribution < 1.29 is 0 Å². The minimum atomic E-state index is 0.134. The van der Waals surface area contributed by atoms with Gasteiger partial charge in [0.15, 0.2) is 0 Å². The molecule has 1 heterocycles. The lowest BCUT2D eigenvalue weighted by molar-refractivity contribution is 0.590. The minimum Gasteiger partial charge on any atom is -0.330 e. The summed E-state index contributed by atoms with van der Waals surface area (Å²) in [6, 6.07) is 4.06. The number of nitrogens with two attached hydrogens (primary N) is 2. The van der Waals surface area contributed by atoms with Crippen molar-refractivity contribution in [1.82, 2.24) is 4.98 Å². The van der Waals surface area contributed by atoms with E-state index >= 15 is 0 Å². The number of unbranched alkanes of at least 4 members (excludes halogenated alkanes) is 1. The number of hydrogen-bond acceptors (Lipinski definition) is 3. The quantitative estimate of drug-likeness (QED) is 0.668. The first-order chi connectivity index (χ1) is 6.34. The zero-order valence-corrected chi connectivity index (χ0v) is 7.82. The molecule has 0 amide bonds. The minimum absolute atomic E-state index is 0.134. The van der Waals surface area contributed by atoms with Gasteiger partial charge in [-0.15, -0.1) is 0 Å². The van der Waals surface area contributed by atoms with Crippen LogP contribution in [0.25, 0.3) is 0 Å². The van der Waals surface area contributed by atoms with Crippen LogP contribution in [0.4, 0.5) is 0 Å². The Bertz CT molecular complexity index is 223. The average Bonchev–Trinajstić information content (AvgIpc) is 2.19. The summed E-state index contributed by atoms with van der Waals surface area (Å²) in [5, 5.41) is 0. The van der Waals surface area contributed by atoms with Crippen LogP contribution in [0.5, 0.6) is 0 Å². The highest BCUT2D eigenvalue weighted by Crippen LogP contribution is 2.14. The highest BCUT2D eigenvalue weighted by molar-refractivity contribution is 5.13. The molecule has 0 radical (unpaired) electrons. The zero-order chi connectivity index (χ0) is 9.52. The van der Waals surface area contributed by atoms with Crippen LogP contribution < -0.4 is 11.5 Å². The van der Waals surface area contributed by atoms with Crippen molar-refractivity contribution in [2.75, 3.05) is 6.54 Å². The van der Waals surface area contributed by atoms with Crippen molar-refractivity contribution in [1.29, 1.82) is 0 Å². The van der Waals surface area contributed by atoms with Crippen molar-refractivity contribution in [2.45, 2.75) is 25.3 Å². The second-order valence-corrected chi connectivity index (χ2v) is 3.17. The molecule has 0 spiro atoms. The molecule has 1 rings (SSSR count). The van der Waals surface area contributed by atoms with Crippen LogP contribution in [0.15, 0.2) is 24.5 Å². The van der Waals surface area contributed by atoms with Gasteiger partial charge in [0.1, 0.15) is 0 Å². The summed E-state index contributed by atoms with van der Waals surface area (Å²) in [6.45, 7) is 0.753. The van der Waals surface area contributed by atoms with E-state index in [1.807, 2.05) is 12.1 Å². The van der Waals surface area contributed by atoms with Gasteiger partial charge in [0, 0.05) is 18.4 Å². The molecule has 0 aliphatic rings. The molecule has 0 fully saturated rings. The zero-order valence-electron chi connectivity index (χ0n) is 7.82. The van der Waals surface area contributed by atoms with Crippen molar-refractivity contribution in [3.05, 3.63) is 30.1 Å².